The lowest BCUT2D eigenvalue weighted by atomic mass is 9.82. The van der Waals surface area contributed by atoms with Crippen molar-refractivity contribution >= 4 is 0 Å². The summed E-state index contributed by atoms with van der Waals surface area (Å²) in [6.45, 7) is 3.40. The van der Waals surface area contributed by atoms with Gasteiger partial charge in [-0.3, -0.25) is 0 Å². The third kappa shape index (κ3) is 4.42. The Balaban J connectivity index is 1.43. The molecule has 0 amide bonds. The Morgan fingerprint density at radius 1 is 0.875 bits per heavy atom. The van der Waals surface area contributed by atoms with Crippen molar-refractivity contribution < 1.29 is 0 Å². The van der Waals surface area contributed by atoms with E-state index in [-0.39, 0.29) is 0 Å². The first-order chi connectivity index (χ1) is 7.88. The van der Waals surface area contributed by atoms with Gasteiger partial charge in [-0.1, -0.05) is 12.8 Å². The van der Waals surface area contributed by atoms with Crippen LogP contribution in [0.3, 0.4) is 0 Å². The normalized spacial score (nSPS) is 30.6. The first-order valence-electron chi connectivity index (χ1n) is 7.29. The Hall–Kier alpha value is -0.0800. The Kier molecular flexibility index (Phi) is 5.11. The summed E-state index contributed by atoms with van der Waals surface area (Å²) < 4.78 is 0. The predicted octanol–water partition coefficient (Wildman–Crippen LogP) is 2.53. The van der Waals surface area contributed by atoms with Gasteiger partial charge in [-0.25, -0.2) is 0 Å². The van der Waals surface area contributed by atoms with Crippen LogP contribution in [-0.4, -0.2) is 19.6 Å². The fourth-order valence-electron chi connectivity index (χ4n) is 2.90. The number of rotatable bonds is 7. The van der Waals surface area contributed by atoms with Crippen LogP contribution in [0.5, 0.6) is 0 Å². The third-order valence-electron chi connectivity index (χ3n) is 4.40. The zero-order valence-corrected chi connectivity index (χ0v) is 10.6. The van der Waals surface area contributed by atoms with E-state index in [1.807, 2.05) is 0 Å². The molecule has 0 saturated heterocycles. The van der Waals surface area contributed by atoms with Gasteiger partial charge in [0.25, 0.3) is 0 Å². The van der Waals surface area contributed by atoms with Crippen LogP contribution in [0.2, 0.25) is 0 Å². The minimum absolute atomic E-state index is 0.825. The molecule has 3 N–H and O–H groups in total. The summed E-state index contributed by atoms with van der Waals surface area (Å²) in [4.78, 5) is 0. The number of nitrogens with one attached hydrogen (secondary N) is 1. The molecule has 0 aromatic rings. The second kappa shape index (κ2) is 6.61. The Bertz CT molecular complexity index is 181. The maximum atomic E-state index is 5.71. The minimum atomic E-state index is 0.825. The van der Waals surface area contributed by atoms with E-state index in [9.17, 15) is 0 Å². The smallest absolute Gasteiger partial charge is 0.00205 e. The van der Waals surface area contributed by atoms with Gasteiger partial charge in [0.15, 0.2) is 0 Å². The van der Waals surface area contributed by atoms with Crippen molar-refractivity contribution in [2.24, 2.45) is 23.5 Å². The highest BCUT2D eigenvalue weighted by molar-refractivity contribution is 4.75. The Labute approximate surface area is 100 Å². The second-order valence-corrected chi connectivity index (χ2v) is 5.91. The maximum Gasteiger partial charge on any atom is -0.00205 e. The summed E-state index contributed by atoms with van der Waals surface area (Å²) in [5, 5.41) is 3.64. The molecule has 2 heteroatoms. The topological polar surface area (TPSA) is 38.0 Å². The number of hydrogen-bond donors (Lipinski definition) is 2. The van der Waals surface area contributed by atoms with Crippen LogP contribution in [0.15, 0.2) is 0 Å². The molecule has 2 aliphatic rings. The zero-order valence-electron chi connectivity index (χ0n) is 10.6. The van der Waals surface area contributed by atoms with Crippen LogP contribution in [0, 0.1) is 17.8 Å². The van der Waals surface area contributed by atoms with E-state index >= 15 is 0 Å². The van der Waals surface area contributed by atoms with Crippen molar-refractivity contribution in [3.05, 3.63) is 0 Å². The summed E-state index contributed by atoms with van der Waals surface area (Å²) >= 11 is 0. The van der Waals surface area contributed by atoms with E-state index in [0.717, 1.165) is 24.3 Å². The highest BCUT2D eigenvalue weighted by Crippen LogP contribution is 2.33. The van der Waals surface area contributed by atoms with E-state index < -0.39 is 0 Å². The molecular formula is C14H28N2. The molecule has 2 aliphatic carbocycles. The van der Waals surface area contributed by atoms with E-state index in [1.54, 1.807) is 0 Å². The Morgan fingerprint density at radius 2 is 1.50 bits per heavy atom. The number of nitrogens with two attached hydrogens (primary N) is 1. The average molecular weight is 224 g/mol. The van der Waals surface area contributed by atoms with Crippen LogP contribution in [-0.2, 0) is 0 Å². The molecule has 0 spiro atoms. The van der Waals surface area contributed by atoms with Gasteiger partial charge in [-0.2, -0.15) is 0 Å². The van der Waals surface area contributed by atoms with Crippen molar-refractivity contribution in [1.82, 2.24) is 5.32 Å². The maximum absolute atomic E-state index is 5.71. The predicted molar refractivity (Wildman–Crippen MR) is 69.3 cm³/mol. The summed E-state index contributed by atoms with van der Waals surface area (Å²) in [7, 11) is 0. The van der Waals surface area contributed by atoms with Crippen LogP contribution in [0.4, 0.5) is 0 Å². The molecule has 0 atom stereocenters. The van der Waals surface area contributed by atoms with E-state index in [2.05, 4.69) is 5.32 Å². The molecule has 16 heavy (non-hydrogen) atoms. The standard InChI is InChI=1S/C14H28N2/c15-10-13-5-7-14(8-6-13)11-16-9-1-2-12-3-4-12/h12-14,16H,1-11,15H2. The quantitative estimate of drug-likeness (QED) is 0.652. The van der Waals surface area contributed by atoms with E-state index in [4.69, 9.17) is 5.73 Å². The molecule has 0 aromatic heterocycles. The lowest BCUT2D eigenvalue weighted by Gasteiger charge is -2.27. The second-order valence-electron chi connectivity index (χ2n) is 5.91. The summed E-state index contributed by atoms with van der Waals surface area (Å²) in [5.74, 6) is 2.86. The van der Waals surface area contributed by atoms with E-state index in [1.165, 1.54) is 64.5 Å². The van der Waals surface area contributed by atoms with Gasteiger partial charge < -0.3 is 11.1 Å². The SMILES string of the molecule is NCC1CCC(CNCCCC2CC2)CC1. The van der Waals surface area contributed by atoms with Crippen LogP contribution >= 0.6 is 0 Å². The average Bonchev–Trinajstić information content (AvgIpc) is 3.13. The van der Waals surface area contributed by atoms with Gasteiger partial charge >= 0.3 is 0 Å². The van der Waals surface area contributed by atoms with Crippen LogP contribution in [0.25, 0.3) is 0 Å². The molecule has 0 bridgehead atoms. The zero-order chi connectivity index (χ0) is 11.2. The van der Waals surface area contributed by atoms with Crippen LogP contribution < -0.4 is 11.1 Å². The highest BCUT2D eigenvalue weighted by Gasteiger charge is 2.21. The molecule has 0 aliphatic heterocycles. The largest absolute Gasteiger partial charge is 0.330 e. The molecule has 0 unspecified atom stereocenters. The molecule has 2 rings (SSSR count). The van der Waals surface area contributed by atoms with Gasteiger partial charge in [0, 0.05) is 0 Å². The van der Waals surface area contributed by atoms with Crippen molar-refractivity contribution in [3.63, 3.8) is 0 Å². The molecule has 2 nitrogen and oxygen atoms in total. The fraction of sp³-hybridized carbons (Fsp3) is 1.00. The van der Waals surface area contributed by atoms with E-state index in [0.29, 0.717) is 0 Å². The van der Waals surface area contributed by atoms with Crippen molar-refractivity contribution in [1.29, 1.82) is 0 Å². The van der Waals surface area contributed by atoms with Gasteiger partial charge in [0.2, 0.25) is 0 Å². The summed E-state index contributed by atoms with van der Waals surface area (Å²) in [6.07, 6.45) is 11.4. The summed E-state index contributed by atoms with van der Waals surface area (Å²) in [5.41, 5.74) is 5.71. The van der Waals surface area contributed by atoms with Crippen LogP contribution in [0.1, 0.15) is 51.4 Å². The highest BCUT2D eigenvalue weighted by atomic mass is 14.9. The summed E-state index contributed by atoms with van der Waals surface area (Å²) in [6, 6.07) is 0. The van der Waals surface area contributed by atoms with Gasteiger partial charge in [-0.05, 0) is 75.9 Å². The van der Waals surface area contributed by atoms with Gasteiger partial charge in [0.05, 0.1) is 0 Å². The lowest BCUT2D eigenvalue weighted by Crippen LogP contribution is -2.29. The molecule has 94 valence electrons. The minimum Gasteiger partial charge on any atom is -0.330 e. The van der Waals surface area contributed by atoms with Crippen molar-refractivity contribution in [2.45, 2.75) is 51.4 Å². The molecule has 0 heterocycles. The lowest BCUT2D eigenvalue weighted by molar-refractivity contribution is 0.272. The van der Waals surface area contributed by atoms with Crippen molar-refractivity contribution in [3.8, 4) is 0 Å². The fourth-order valence-corrected chi connectivity index (χ4v) is 2.90. The molecule has 2 saturated carbocycles. The van der Waals surface area contributed by atoms with Gasteiger partial charge in [-0.15, -0.1) is 0 Å². The Morgan fingerprint density at radius 3 is 2.12 bits per heavy atom. The van der Waals surface area contributed by atoms with Crippen molar-refractivity contribution in [2.75, 3.05) is 19.6 Å². The van der Waals surface area contributed by atoms with Gasteiger partial charge in [0.1, 0.15) is 0 Å². The number of hydrogen-bond acceptors (Lipinski definition) is 2. The molecule has 0 radical (unpaired) electrons. The first-order valence-corrected chi connectivity index (χ1v) is 7.29. The first kappa shape index (κ1) is 12.4. The third-order valence-corrected chi connectivity index (χ3v) is 4.40. The molecular weight excluding hydrogens is 196 g/mol. The molecule has 2 fully saturated rings. The molecule has 0 aromatic carbocycles. The monoisotopic (exact) mass is 224 g/mol.